The van der Waals surface area contributed by atoms with E-state index in [0.717, 1.165) is 0 Å². The van der Waals surface area contributed by atoms with Gasteiger partial charge in [0.2, 0.25) is 0 Å². The zero-order valence-electron chi connectivity index (χ0n) is 7.61. The average Bonchev–Trinajstić information content (AvgIpc) is 2.13. The van der Waals surface area contributed by atoms with Crippen molar-refractivity contribution in [2.24, 2.45) is 0 Å². The topological polar surface area (TPSA) is 55.8 Å². The number of phosphoric acid groups is 1. The minimum Gasteiger partial charge on any atom is -0.302 e. The van der Waals surface area contributed by atoms with Gasteiger partial charge in [0.25, 0.3) is 0 Å². The SMILES string of the molecule is O=P(O)(OCC(Cl)CCl)OC(Br)CCBr. The van der Waals surface area contributed by atoms with Crippen LogP contribution < -0.4 is 0 Å². The summed E-state index contributed by atoms with van der Waals surface area (Å²) in [5.74, 6) is 0.140. The zero-order valence-corrected chi connectivity index (χ0v) is 13.2. The van der Waals surface area contributed by atoms with Crippen LogP contribution in [0.4, 0.5) is 0 Å². The van der Waals surface area contributed by atoms with Crippen LogP contribution in [0.2, 0.25) is 0 Å². The molecular formula is C6H11Br2Cl2O4P. The zero-order chi connectivity index (χ0) is 11.9. The van der Waals surface area contributed by atoms with Crippen molar-refractivity contribution in [3.05, 3.63) is 0 Å². The van der Waals surface area contributed by atoms with Gasteiger partial charge in [-0.25, -0.2) is 4.57 Å². The molecule has 1 N–H and O–H groups in total. The van der Waals surface area contributed by atoms with Gasteiger partial charge in [-0.2, -0.15) is 0 Å². The van der Waals surface area contributed by atoms with Crippen molar-refractivity contribution < 1.29 is 18.5 Å². The summed E-state index contributed by atoms with van der Waals surface area (Å²) in [6.07, 6.45) is 0.535. The second kappa shape index (κ2) is 8.70. The van der Waals surface area contributed by atoms with Gasteiger partial charge in [-0.05, 0) is 6.42 Å². The van der Waals surface area contributed by atoms with E-state index < -0.39 is 18.2 Å². The molecule has 0 aliphatic heterocycles. The molecule has 3 atom stereocenters. The molecule has 0 aromatic rings. The normalized spacial score (nSPS) is 19.5. The molecule has 0 saturated heterocycles. The van der Waals surface area contributed by atoms with Crippen LogP contribution in [0.25, 0.3) is 0 Å². The molecule has 0 fully saturated rings. The summed E-state index contributed by atoms with van der Waals surface area (Å²) < 4.78 is 20.7. The number of hydrogen-bond acceptors (Lipinski definition) is 3. The van der Waals surface area contributed by atoms with Gasteiger partial charge in [-0.15, -0.1) is 23.2 Å². The number of rotatable bonds is 8. The van der Waals surface area contributed by atoms with Gasteiger partial charge in [0.05, 0.1) is 12.0 Å². The van der Waals surface area contributed by atoms with Crippen LogP contribution in [-0.4, -0.2) is 33.1 Å². The number of halogens is 4. The van der Waals surface area contributed by atoms with Crippen LogP contribution in [0.1, 0.15) is 6.42 Å². The lowest BCUT2D eigenvalue weighted by Crippen LogP contribution is -2.12. The van der Waals surface area contributed by atoms with Crippen molar-refractivity contribution >= 4 is 62.9 Å². The predicted molar refractivity (Wildman–Crippen MR) is 68.3 cm³/mol. The summed E-state index contributed by atoms with van der Waals surface area (Å²) in [4.78, 5) is 9.22. The van der Waals surface area contributed by atoms with Crippen molar-refractivity contribution in [1.82, 2.24) is 0 Å². The Morgan fingerprint density at radius 2 is 2.13 bits per heavy atom. The largest absolute Gasteiger partial charge is 0.473 e. The Balaban J connectivity index is 3.91. The highest BCUT2D eigenvalue weighted by Crippen LogP contribution is 2.46. The quantitative estimate of drug-likeness (QED) is 0.493. The summed E-state index contributed by atoms with van der Waals surface area (Å²) in [7, 11) is -4.06. The Kier molecular flexibility index (Phi) is 9.66. The fraction of sp³-hybridized carbons (Fsp3) is 1.00. The van der Waals surface area contributed by atoms with Crippen LogP contribution in [0.5, 0.6) is 0 Å². The second-order valence-corrected chi connectivity index (χ2v) is 6.66. The molecule has 0 rings (SSSR count). The third-order valence-electron chi connectivity index (χ3n) is 1.17. The smallest absolute Gasteiger partial charge is 0.302 e. The number of phosphoric ester groups is 1. The molecule has 92 valence electrons. The molecule has 0 saturated carbocycles. The molecule has 4 nitrogen and oxygen atoms in total. The maximum absolute atomic E-state index is 11.3. The van der Waals surface area contributed by atoms with E-state index in [9.17, 15) is 9.46 Å². The lowest BCUT2D eigenvalue weighted by atomic mass is 10.5. The molecule has 0 spiro atoms. The highest BCUT2D eigenvalue weighted by molar-refractivity contribution is 9.10. The fourth-order valence-electron chi connectivity index (χ4n) is 0.533. The maximum Gasteiger partial charge on any atom is 0.473 e. The minimum atomic E-state index is -4.06. The van der Waals surface area contributed by atoms with Gasteiger partial charge in [-0.1, -0.05) is 31.9 Å². The van der Waals surface area contributed by atoms with E-state index in [1.54, 1.807) is 0 Å². The summed E-state index contributed by atoms with van der Waals surface area (Å²) >= 11 is 17.2. The number of hydrogen-bond donors (Lipinski definition) is 1. The lowest BCUT2D eigenvalue weighted by Gasteiger charge is -2.16. The van der Waals surface area contributed by atoms with Gasteiger partial charge in [0.15, 0.2) is 0 Å². The molecule has 9 heteroatoms. The molecular weight excluding hydrogens is 398 g/mol. The first-order valence-corrected chi connectivity index (χ1v) is 8.47. The van der Waals surface area contributed by atoms with Gasteiger partial charge < -0.3 is 4.89 Å². The predicted octanol–water partition coefficient (Wildman–Crippen LogP) is 3.47. The third kappa shape index (κ3) is 9.36. The van der Waals surface area contributed by atoms with Crippen LogP contribution >= 0.6 is 62.9 Å². The van der Waals surface area contributed by atoms with Gasteiger partial charge in [-0.3, -0.25) is 9.05 Å². The van der Waals surface area contributed by atoms with E-state index in [-0.39, 0.29) is 12.5 Å². The van der Waals surface area contributed by atoms with E-state index in [1.165, 1.54) is 0 Å². The van der Waals surface area contributed by atoms with Crippen molar-refractivity contribution in [3.63, 3.8) is 0 Å². The Morgan fingerprint density at radius 1 is 1.53 bits per heavy atom. The van der Waals surface area contributed by atoms with Gasteiger partial charge in [0, 0.05) is 11.2 Å². The summed E-state index contributed by atoms with van der Waals surface area (Å²) in [5, 5.41) is -0.416. The second-order valence-electron chi connectivity index (χ2n) is 2.51. The first kappa shape index (κ1) is 16.6. The first-order valence-electron chi connectivity index (χ1n) is 3.97. The van der Waals surface area contributed by atoms with Gasteiger partial charge in [0.1, 0.15) is 5.01 Å². The molecule has 3 unspecified atom stereocenters. The molecule has 0 bridgehead atoms. The molecule has 0 heterocycles. The summed E-state index contributed by atoms with van der Waals surface area (Å²) in [6, 6.07) is 0. The molecule has 0 aliphatic rings. The Hall–Kier alpha value is 1.65. The molecule has 0 radical (unpaired) electrons. The van der Waals surface area contributed by atoms with E-state index in [1.807, 2.05) is 0 Å². The highest BCUT2D eigenvalue weighted by Gasteiger charge is 2.26. The van der Waals surface area contributed by atoms with Crippen molar-refractivity contribution in [2.75, 3.05) is 17.8 Å². The Bertz CT molecular complexity index is 221. The minimum absolute atomic E-state index is 0.132. The third-order valence-corrected chi connectivity index (χ3v) is 4.37. The van der Waals surface area contributed by atoms with E-state index >= 15 is 0 Å². The monoisotopic (exact) mass is 406 g/mol. The highest BCUT2D eigenvalue weighted by atomic mass is 79.9. The van der Waals surface area contributed by atoms with E-state index in [2.05, 4.69) is 36.4 Å². The van der Waals surface area contributed by atoms with Crippen LogP contribution in [0, 0.1) is 0 Å². The molecule has 15 heavy (non-hydrogen) atoms. The van der Waals surface area contributed by atoms with Crippen molar-refractivity contribution in [3.8, 4) is 0 Å². The van der Waals surface area contributed by atoms with E-state index in [4.69, 9.17) is 27.7 Å². The first-order chi connectivity index (χ1) is 6.91. The van der Waals surface area contributed by atoms with Crippen LogP contribution in [0.15, 0.2) is 0 Å². The van der Waals surface area contributed by atoms with E-state index in [0.29, 0.717) is 11.8 Å². The van der Waals surface area contributed by atoms with Crippen molar-refractivity contribution in [1.29, 1.82) is 0 Å². The summed E-state index contributed by atoms with van der Waals surface area (Å²) in [6.45, 7) is -0.132. The molecule has 0 aromatic heterocycles. The molecule has 0 aliphatic carbocycles. The van der Waals surface area contributed by atoms with Crippen molar-refractivity contribution in [2.45, 2.75) is 16.8 Å². The number of alkyl halides is 4. The van der Waals surface area contributed by atoms with Crippen LogP contribution in [-0.2, 0) is 13.6 Å². The van der Waals surface area contributed by atoms with Crippen LogP contribution in [0.3, 0.4) is 0 Å². The molecule has 0 aromatic carbocycles. The summed E-state index contributed by atoms with van der Waals surface area (Å²) in [5.41, 5.74) is 0. The average molecular weight is 409 g/mol. The van der Waals surface area contributed by atoms with Gasteiger partial charge >= 0.3 is 7.82 Å². The Morgan fingerprint density at radius 3 is 2.60 bits per heavy atom. The molecule has 0 amide bonds. The Labute approximate surface area is 115 Å². The maximum atomic E-state index is 11.3. The standard InChI is InChI=1S/C6H11Br2Cl2O4P/c7-2-1-6(8)14-15(11,12)13-4-5(10)3-9/h5-6H,1-4H2,(H,11,12). The fourth-order valence-corrected chi connectivity index (χ4v) is 3.49. The lowest BCUT2D eigenvalue weighted by molar-refractivity contribution is 0.142.